The van der Waals surface area contributed by atoms with Crippen LogP contribution in [0.3, 0.4) is 0 Å². The fourth-order valence-electron chi connectivity index (χ4n) is 3.76. The van der Waals surface area contributed by atoms with E-state index in [9.17, 15) is 18.0 Å². The molecule has 28 heavy (non-hydrogen) atoms. The van der Waals surface area contributed by atoms with E-state index < -0.39 is 28.4 Å². The first-order chi connectivity index (χ1) is 13.4. The fraction of sp³-hybridized carbons (Fsp3) is 0.579. The molecule has 1 heterocycles. The van der Waals surface area contributed by atoms with Gasteiger partial charge in [-0.3, -0.25) is 9.59 Å². The predicted molar refractivity (Wildman–Crippen MR) is 102 cm³/mol. The summed E-state index contributed by atoms with van der Waals surface area (Å²) in [6, 6.07) is 2.62. The Morgan fingerprint density at radius 2 is 1.64 bits per heavy atom. The standard InChI is InChI=1S/C19H26N2O6S/c1-26-15-10-14-17(11-16(15)27-2)28(24,25)21(19(14)23)12-18(22)20-13-8-6-4-3-5-7-9-13/h10-11,13H,3-9,12H2,1-2H3,(H,20,22). The number of rotatable bonds is 5. The van der Waals surface area contributed by atoms with Crippen LogP contribution in [0.5, 0.6) is 11.5 Å². The molecule has 1 aromatic carbocycles. The number of hydrogen-bond acceptors (Lipinski definition) is 6. The first-order valence-electron chi connectivity index (χ1n) is 9.51. The summed E-state index contributed by atoms with van der Waals surface area (Å²) in [6.45, 7) is -0.531. The third-order valence-electron chi connectivity index (χ3n) is 5.27. The highest BCUT2D eigenvalue weighted by Crippen LogP contribution is 2.38. The predicted octanol–water partition coefficient (Wildman–Crippen LogP) is 2.08. The van der Waals surface area contributed by atoms with Crippen LogP contribution in [0.25, 0.3) is 0 Å². The van der Waals surface area contributed by atoms with Crippen LogP contribution in [0.1, 0.15) is 55.3 Å². The molecule has 1 fully saturated rings. The van der Waals surface area contributed by atoms with E-state index >= 15 is 0 Å². The van der Waals surface area contributed by atoms with Crippen molar-refractivity contribution in [1.82, 2.24) is 9.62 Å². The Hall–Kier alpha value is -2.29. The van der Waals surface area contributed by atoms with Crippen LogP contribution < -0.4 is 14.8 Å². The number of sulfonamides is 1. The number of nitrogens with zero attached hydrogens (tertiary/aromatic N) is 1. The molecule has 154 valence electrons. The molecule has 0 bridgehead atoms. The maximum absolute atomic E-state index is 12.8. The molecule has 1 aliphatic carbocycles. The number of hydrogen-bond donors (Lipinski definition) is 1. The molecule has 0 aromatic heterocycles. The average Bonchev–Trinajstić information content (AvgIpc) is 2.83. The second-order valence-electron chi connectivity index (χ2n) is 7.13. The summed E-state index contributed by atoms with van der Waals surface area (Å²) >= 11 is 0. The highest BCUT2D eigenvalue weighted by Gasteiger charge is 2.43. The highest BCUT2D eigenvalue weighted by molar-refractivity contribution is 7.90. The van der Waals surface area contributed by atoms with Crippen molar-refractivity contribution < 1.29 is 27.5 Å². The number of methoxy groups -OCH3 is 2. The summed E-state index contributed by atoms with van der Waals surface area (Å²) in [5, 5.41) is 2.90. The van der Waals surface area contributed by atoms with Crippen molar-refractivity contribution in [2.24, 2.45) is 0 Å². The van der Waals surface area contributed by atoms with Crippen molar-refractivity contribution in [2.75, 3.05) is 20.8 Å². The molecule has 9 heteroatoms. The summed E-state index contributed by atoms with van der Waals surface area (Å²) in [5.74, 6) is -0.734. The van der Waals surface area contributed by atoms with E-state index in [1.54, 1.807) is 0 Å². The molecule has 0 spiro atoms. The van der Waals surface area contributed by atoms with Crippen molar-refractivity contribution in [3.63, 3.8) is 0 Å². The Bertz CT molecular complexity index is 859. The molecule has 8 nitrogen and oxygen atoms in total. The second kappa shape index (κ2) is 8.38. The zero-order chi connectivity index (χ0) is 20.3. The van der Waals surface area contributed by atoms with Crippen LogP contribution in [0.4, 0.5) is 0 Å². The Labute approximate surface area is 165 Å². The molecule has 1 aromatic rings. The van der Waals surface area contributed by atoms with Gasteiger partial charge in [0.2, 0.25) is 5.91 Å². The molecule has 2 amide bonds. The highest BCUT2D eigenvalue weighted by atomic mass is 32.2. The molecule has 2 aliphatic rings. The molecule has 0 unspecified atom stereocenters. The molecule has 1 saturated carbocycles. The van der Waals surface area contributed by atoms with Gasteiger partial charge in [0.15, 0.2) is 11.5 Å². The Morgan fingerprint density at radius 3 is 2.25 bits per heavy atom. The zero-order valence-corrected chi connectivity index (χ0v) is 17.0. The first-order valence-corrected chi connectivity index (χ1v) is 10.9. The minimum atomic E-state index is -4.11. The maximum atomic E-state index is 12.8. The molecule has 0 saturated heterocycles. The molecule has 1 aliphatic heterocycles. The van der Waals surface area contributed by atoms with Gasteiger partial charge in [0.05, 0.1) is 19.8 Å². The summed E-state index contributed by atoms with van der Waals surface area (Å²) in [7, 11) is -1.33. The van der Waals surface area contributed by atoms with E-state index in [1.165, 1.54) is 32.8 Å². The molecule has 1 N–H and O–H groups in total. The number of fused-ring (bicyclic) bond motifs is 1. The molecular formula is C19H26N2O6S. The normalized spacial score (nSPS) is 19.5. The quantitative estimate of drug-likeness (QED) is 0.797. The minimum absolute atomic E-state index is 0.0172. The topological polar surface area (TPSA) is 102 Å². The largest absolute Gasteiger partial charge is 0.493 e. The molecular weight excluding hydrogens is 384 g/mol. The summed E-state index contributed by atoms with van der Waals surface area (Å²) in [6.07, 6.45) is 7.33. The van der Waals surface area contributed by atoms with Crippen LogP contribution in [-0.2, 0) is 14.8 Å². The van der Waals surface area contributed by atoms with Gasteiger partial charge < -0.3 is 14.8 Å². The van der Waals surface area contributed by atoms with E-state index in [0.717, 1.165) is 38.5 Å². The average molecular weight is 410 g/mol. The van der Waals surface area contributed by atoms with Crippen LogP contribution in [0, 0.1) is 0 Å². The van der Waals surface area contributed by atoms with Gasteiger partial charge in [-0.1, -0.05) is 32.1 Å². The lowest BCUT2D eigenvalue weighted by molar-refractivity contribution is -0.121. The van der Waals surface area contributed by atoms with Gasteiger partial charge >= 0.3 is 0 Å². The minimum Gasteiger partial charge on any atom is -0.493 e. The van der Waals surface area contributed by atoms with Crippen LogP contribution >= 0.6 is 0 Å². The number of carbonyl (C=O) groups excluding carboxylic acids is 2. The zero-order valence-electron chi connectivity index (χ0n) is 16.2. The van der Waals surface area contributed by atoms with Crippen molar-refractivity contribution in [3.8, 4) is 11.5 Å². The Kier molecular flexibility index (Phi) is 6.12. The lowest BCUT2D eigenvalue weighted by atomic mass is 9.97. The van der Waals surface area contributed by atoms with Crippen molar-refractivity contribution in [3.05, 3.63) is 17.7 Å². The molecule has 0 radical (unpaired) electrons. The Balaban J connectivity index is 1.77. The van der Waals surface area contributed by atoms with Crippen molar-refractivity contribution in [2.45, 2.75) is 55.9 Å². The van der Waals surface area contributed by atoms with Crippen LogP contribution in [-0.4, -0.2) is 51.3 Å². The maximum Gasteiger partial charge on any atom is 0.269 e. The number of carbonyl (C=O) groups is 2. The number of nitrogens with one attached hydrogen (secondary N) is 1. The Morgan fingerprint density at radius 1 is 1.07 bits per heavy atom. The number of amides is 2. The van der Waals surface area contributed by atoms with Gasteiger partial charge in [-0.15, -0.1) is 0 Å². The van der Waals surface area contributed by atoms with Gasteiger partial charge in [-0.25, -0.2) is 12.7 Å². The van der Waals surface area contributed by atoms with Crippen LogP contribution in [0.2, 0.25) is 0 Å². The smallest absolute Gasteiger partial charge is 0.269 e. The van der Waals surface area contributed by atoms with E-state index in [-0.39, 0.29) is 28.0 Å². The van der Waals surface area contributed by atoms with E-state index in [2.05, 4.69) is 5.32 Å². The van der Waals surface area contributed by atoms with Gasteiger partial charge in [-0.2, -0.15) is 0 Å². The lowest BCUT2D eigenvalue weighted by Crippen LogP contribution is -2.44. The number of benzene rings is 1. The molecule has 0 atom stereocenters. The first kappa shape index (κ1) is 20.4. The van der Waals surface area contributed by atoms with Crippen molar-refractivity contribution in [1.29, 1.82) is 0 Å². The third kappa shape index (κ3) is 3.94. The monoisotopic (exact) mass is 410 g/mol. The van der Waals surface area contributed by atoms with Gasteiger partial charge in [0, 0.05) is 12.1 Å². The van der Waals surface area contributed by atoms with E-state index in [1.807, 2.05) is 0 Å². The summed E-state index contributed by atoms with van der Waals surface area (Å²) in [4.78, 5) is 25.0. The van der Waals surface area contributed by atoms with E-state index in [0.29, 0.717) is 4.31 Å². The van der Waals surface area contributed by atoms with Crippen LogP contribution in [0.15, 0.2) is 17.0 Å². The van der Waals surface area contributed by atoms with Crippen molar-refractivity contribution >= 4 is 21.8 Å². The van der Waals surface area contributed by atoms with Gasteiger partial charge in [-0.05, 0) is 18.9 Å². The summed E-state index contributed by atoms with van der Waals surface area (Å²) in [5.41, 5.74) is -0.0172. The van der Waals surface area contributed by atoms with E-state index in [4.69, 9.17) is 9.47 Å². The SMILES string of the molecule is COc1cc2c(cc1OC)S(=O)(=O)N(CC(=O)NC1CCCCCCC1)C2=O. The lowest BCUT2D eigenvalue weighted by Gasteiger charge is -2.22. The number of ether oxygens (including phenoxy) is 2. The van der Waals surface area contributed by atoms with Gasteiger partial charge in [0.1, 0.15) is 11.4 Å². The third-order valence-corrected chi connectivity index (χ3v) is 7.04. The molecule has 3 rings (SSSR count). The second-order valence-corrected chi connectivity index (χ2v) is 8.96. The van der Waals surface area contributed by atoms with Gasteiger partial charge in [0.25, 0.3) is 15.9 Å². The fourth-order valence-corrected chi connectivity index (χ4v) is 5.29. The summed E-state index contributed by atoms with van der Waals surface area (Å²) < 4.78 is 36.5.